The Morgan fingerprint density at radius 1 is 1.16 bits per heavy atom. The molecule has 3 saturated heterocycles. The summed E-state index contributed by atoms with van der Waals surface area (Å²) in [5, 5.41) is 4.11. The van der Waals surface area contributed by atoms with Crippen LogP contribution in [0.3, 0.4) is 0 Å². The Morgan fingerprint density at radius 3 is 2.81 bits per heavy atom. The predicted octanol–water partition coefficient (Wildman–Crippen LogP) is 4.92. The first kappa shape index (κ1) is 28.4. The number of anilines is 2. The molecule has 2 aromatic carbocycles. The maximum Gasteiger partial charge on any atom is 0.319 e. The van der Waals surface area contributed by atoms with E-state index in [9.17, 15) is 8.78 Å². The lowest BCUT2D eigenvalue weighted by atomic mass is 9.95. The van der Waals surface area contributed by atoms with Gasteiger partial charge in [-0.05, 0) is 51.4 Å². The largest absolute Gasteiger partial charge is 0.496 e. The van der Waals surface area contributed by atoms with E-state index in [0.717, 1.165) is 37.3 Å². The number of piperazine rings is 1. The monoisotopic (exact) mass is 613 g/mol. The van der Waals surface area contributed by atoms with Crippen LogP contribution in [0.4, 0.5) is 24.1 Å². The average Bonchev–Trinajstić information content (AvgIpc) is 3.65. The summed E-state index contributed by atoms with van der Waals surface area (Å²) in [5.41, 5.74) is 6.24. The Balaban J connectivity index is 1.40. The average molecular weight is 614 g/mol. The van der Waals surface area contributed by atoms with Crippen molar-refractivity contribution >= 4 is 43.4 Å². The quantitative estimate of drug-likeness (QED) is 0.314. The lowest BCUT2D eigenvalue weighted by Crippen LogP contribution is -2.54. The van der Waals surface area contributed by atoms with E-state index in [1.807, 2.05) is 0 Å². The van der Waals surface area contributed by atoms with Crippen LogP contribution in [0.2, 0.25) is 0 Å². The van der Waals surface area contributed by atoms with Gasteiger partial charge in [-0.2, -0.15) is 9.97 Å². The van der Waals surface area contributed by atoms with Crippen LogP contribution >= 0.6 is 11.3 Å². The SMILES string of the molecule is COc1cc2c(N3C[C@@H](C)NC[C@@H]3C)nc(OC[C@@]34CCCN3C[C@H](F)C4)nc2c(F)c1-c1ccc(F)c2sc(N)nc12. The minimum Gasteiger partial charge on any atom is -0.496 e. The number of aromatic nitrogens is 3. The second-order valence-electron chi connectivity index (χ2n) is 12.0. The topological polar surface area (TPSA) is 102 Å². The van der Waals surface area contributed by atoms with Gasteiger partial charge in [0, 0.05) is 49.1 Å². The zero-order chi connectivity index (χ0) is 30.0. The minimum absolute atomic E-state index is 0.0293. The Bertz CT molecular complexity index is 1720. The van der Waals surface area contributed by atoms with Crippen LogP contribution in [0.25, 0.3) is 32.2 Å². The normalized spacial score (nSPS) is 26.0. The van der Waals surface area contributed by atoms with Crippen LogP contribution in [0.1, 0.15) is 33.1 Å². The highest BCUT2D eigenvalue weighted by Crippen LogP contribution is 2.45. The number of methoxy groups -OCH3 is 1. The number of nitrogens with one attached hydrogen (secondary N) is 1. The number of rotatable bonds is 6. The van der Waals surface area contributed by atoms with E-state index in [4.69, 9.17) is 20.2 Å². The zero-order valence-corrected chi connectivity index (χ0v) is 25.1. The van der Waals surface area contributed by atoms with Crippen molar-refractivity contribution in [2.75, 3.05) is 50.5 Å². The Morgan fingerprint density at radius 2 is 2.00 bits per heavy atom. The number of nitrogens with zero attached hydrogens (tertiary/aromatic N) is 5. The molecule has 0 amide bonds. The molecule has 5 heterocycles. The van der Waals surface area contributed by atoms with Gasteiger partial charge in [0.2, 0.25) is 0 Å². The molecule has 3 aliphatic heterocycles. The number of ether oxygens (including phenoxy) is 2. The third kappa shape index (κ3) is 4.72. The first-order valence-electron chi connectivity index (χ1n) is 14.6. The first-order chi connectivity index (χ1) is 20.7. The fraction of sp³-hybridized carbons (Fsp3) is 0.500. The van der Waals surface area contributed by atoms with Gasteiger partial charge in [-0.15, -0.1) is 0 Å². The van der Waals surface area contributed by atoms with Gasteiger partial charge in [0.25, 0.3) is 0 Å². The molecular formula is C30H34F3N7O2S. The van der Waals surface area contributed by atoms with E-state index >= 15 is 4.39 Å². The van der Waals surface area contributed by atoms with Crippen LogP contribution < -0.4 is 25.4 Å². The third-order valence-corrected chi connectivity index (χ3v) is 10.0. The molecule has 3 fully saturated rings. The smallest absolute Gasteiger partial charge is 0.319 e. The fourth-order valence-corrected chi connectivity index (χ4v) is 7.79. The number of benzene rings is 2. The highest BCUT2D eigenvalue weighted by atomic mass is 32.1. The highest BCUT2D eigenvalue weighted by molar-refractivity contribution is 7.22. The number of nitrogens with two attached hydrogens (primary N) is 1. The molecule has 0 spiro atoms. The molecule has 0 unspecified atom stereocenters. The van der Waals surface area contributed by atoms with Crippen molar-refractivity contribution in [3.63, 3.8) is 0 Å². The number of hydrogen-bond donors (Lipinski definition) is 2. The van der Waals surface area contributed by atoms with Gasteiger partial charge in [0.1, 0.15) is 35.7 Å². The molecule has 13 heteroatoms. The van der Waals surface area contributed by atoms with Crippen molar-refractivity contribution < 1.29 is 22.6 Å². The number of thiazole rings is 1. The summed E-state index contributed by atoms with van der Waals surface area (Å²) < 4.78 is 58.2. The van der Waals surface area contributed by atoms with E-state index in [0.29, 0.717) is 36.3 Å². The standard InChI is InChI=1S/C30H34F3N7O2S/c1-15-12-40(16(2)11-35-15)27-19-9-21(41-3)22(18-5-6-20(32)26-25(18)36-28(34)43-26)23(33)24(19)37-29(38-27)42-14-30-7-4-8-39(30)13-17(31)10-30/h5-6,9,15-17,35H,4,7-8,10-14H2,1-3H3,(H2,34,36)/t15-,16+,17-,30+/m1/s1. The molecule has 4 aromatic rings. The Kier molecular flexibility index (Phi) is 7.01. The van der Waals surface area contributed by atoms with Gasteiger partial charge in [0.05, 0.1) is 28.4 Å². The zero-order valence-electron chi connectivity index (χ0n) is 24.3. The Labute approximate surface area is 251 Å². The molecule has 2 aromatic heterocycles. The molecule has 43 heavy (non-hydrogen) atoms. The maximum atomic E-state index is 16.9. The van der Waals surface area contributed by atoms with Crippen molar-refractivity contribution in [2.45, 2.75) is 56.9 Å². The summed E-state index contributed by atoms with van der Waals surface area (Å²) in [7, 11) is 1.46. The van der Waals surface area contributed by atoms with Gasteiger partial charge in [-0.1, -0.05) is 11.3 Å². The molecule has 4 atom stereocenters. The van der Waals surface area contributed by atoms with Crippen molar-refractivity contribution in [1.82, 2.24) is 25.2 Å². The molecule has 9 nitrogen and oxygen atoms in total. The summed E-state index contributed by atoms with van der Waals surface area (Å²) in [6, 6.07) is 4.72. The van der Waals surface area contributed by atoms with Gasteiger partial charge in [-0.3, -0.25) is 4.90 Å². The number of fused-ring (bicyclic) bond motifs is 3. The van der Waals surface area contributed by atoms with E-state index in [2.05, 4.69) is 38.9 Å². The molecule has 0 bridgehead atoms. The molecule has 228 valence electrons. The number of hydrogen-bond acceptors (Lipinski definition) is 10. The lowest BCUT2D eigenvalue weighted by molar-refractivity contribution is 0.107. The van der Waals surface area contributed by atoms with Crippen LogP contribution in [0, 0.1) is 11.6 Å². The molecule has 7 rings (SSSR count). The molecule has 0 saturated carbocycles. The van der Waals surface area contributed by atoms with E-state index in [-0.39, 0.29) is 56.9 Å². The summed E-state index contributed by atoms with van der Waals surface area (Å²) in [4.78, 5) is 18.0. The van der Waals surface area contributed by atoms with Crippen LogP contribution in [-0.4, -0.2) is 83.5 Å². The van der Waals surface area contributed by atoms with Crippen LogP contribution in [0.15, 0.2) is 18.2 Å². The Hall–Kier alpha value is -3.42. The summed E-state index contributed by atoms with van der Waals surface area (Å²) in [5.74, 6) is -0.386. The van der Waals surface area contributed by atoms with Crippen molar-refractivity contribution in [3.8, 4) is 22.9 Å². The molecule has 0 aliphatic carbocycles. The summed E-state index contributed by atoms with van der Waals surface area (Å²) in [6.07, 6.45) is 1.29. The van der Waals surface area contributed by atoms with Crippen molar-refractivity contribution in [3.05, 3.63) is 29.8 Å². The predicted molar refractivity (Wildman–Crippen MR) is 162 cm³/mol. The van der Waals surface area contributed by atoms with Gasteiger partial charge in [-0.25, -0.2) is 18.2 Å². The highest BCUT2D eigenvalue weighted by Gasteiger charge is 2.49. The maximum absolute atomic E-state index is 16.9. The summed E-state index contributed by atoms with van der Waals surface area (Å²) >= 11 is 1.000. The molecule has 0 radical (unpaired) electrons. The fourth-order valence-electron chi connectivity index (χ4n) is 7.02. The summed E-state index contributed by atoms with van der Waals surface area (Å²) in [6.45, 7) is 6.95. The number of alkyl halides is 1. The lowest BCUT2D eigenvalue weighted by Gasteiger charge is -2.39. The van der Waals surface area contributed by atoms with Crippen molar-refractivity contribution in [2.24, 2.45) is 0 Å². The second-order valence-corrected chi connectivity index (χ2v) is 13.0. The number of nitrogen functional groups attached to an aromatic ring is 1. The molecular weight excluding hydrogens is 579 g/mol. The van der Waals surface area contributed by atoms with Gasteiger partial charge in [0.15, 0.2) is 10.9 Å². The third-order valence-electron chi connectivity index (χ3n) is 9.12. The van der Waals surface area contributed by atoms with Gasteiger partial charge >= 0.3 is 6.01 Å². The first-order valence-corrected chi connectivity index (χ1v) is 15.4. The van der Waals surface area contributed by atoms with E-state index in [1.165, 1.54) is 19.2 Å². The van der Waals surface area contributed by atoms with E-state index in [1.54, 1.807) is 6.07 Å². The van der Waals surface area contributed by atoms with Gasteiger partial charge < -0.3 is 25.4 Å². The van der Waals surface area contributed by atoms with Crippen molar-refractivity contribution in [1.29, 1.82) is 0 Å². The molecule has 3 N–H and O–H groups in total. The number of halogens is 3. The van der Waals surface area contributed by atoms with E-state index < -0.39 is 23.3 Å². The van der Waals surface area contributed by atoms with Crippen LogP contribution in [0.5, 0.6) is 11.8 Å². The van der Waals surface area contributed by atoms with Crippen LogP contribution in [-0.2, 0) is 0 Å². The minimum atomic E-state index is -0.903. The molecule has 3 aliphatic rings. The second kappa shape index (κ2) is 10.6.